The van der Waals surface area contributed by atoms with E-state index in [1.807, 2.05) is 0 Å². The van der Waals surface area contributed by atoms with Gasteiger partial charge in [-0.3, -0.25) is 0 Å². The Balaban J connectivity index is 2.13. The van der Waals surface area contributed by atoms with Crippen molar-refractivity contribution < 1.29 is 45.6 Å². The van der Waals surface area contributed by atoms with Gasteiger partial charge < -0.3 is 51.3 Å². The van der Waals surface area contributed by atoms with E-state index in [9.17, 15) is 40.9 Å². The molecule has 2 fully saturated rings. The highest BCUT2D eigenvalue weighted by Gasteiger charge is 2.51. The van der Waals surface area contributed by atoms with E-state index in [0.29, 0.717) is 0 Å². The highest BCUT2D eigenvalue weighted by Crippen LogP contribution is 2.31. The summed E-state index contributed by atoms with van der Waals surface area (Å²) in [5.41, 5.74) is 5.78. The monoisotopic (exact) mass is 339 g/mol. The van der Waals surface area contributed by atoms with Gasteiger partial charge in [-0.1, -0.05) is 0 Å². The summed E-state index contributed by atoms with van der Waals surface area (Å²) in [6, 6.07) is -1.06. The van der Waals surface area contributed by atoms with Crippen LogP contribution in [0.3, 0.4) is 0 Å². The van der Waals surface area contributed by atoms with Gasteiger partial charge in [-0.25, -0.2) is 0 Å². The lowest BCUT2D eigenvalue weighted by molar-refractivity contribution is -0.255. The second-order valence-corrected chi connectivity index (χ2v) is 6.33. The van der Waals surface area contributed by atoms with E-state index < -0.39 is 73.5 Å². The molecule has 0 aliphatic heterocycles. The number of nitrogens with two attached hydrogens (primary N) is 1. The summed E-state index contributed by atoms with van der Waals surface area (Å²) in [5, 5.41) is 77.7. The molecule has 0 saturated heterocycles. The predicted octanol–water partition coefficient (Wildman–Crippen LogP) is -5.38. The van der Waals surface area contributed by atoms with Crippen molar-refractivity contribution in [3.8, 4) is 0 Å². The molecule has 23 heavy (non-hydrogen) atoms. The van der Waals surface area contributed by atoms with Gasteiger partial charge in [0, 0.05) is 12.5 Å². The molecule has 0 heterocycles. The lowest BCUT2D eigenvalue weighted by Crippen LogP contribution is -2.67. The Bertz CT molecular complexity index is 382. The third-order valence-electron chi connectivity index (χ3n) is 4.83. The van der Waals surface area contributed by atoms with E-state index in [-0.39, 0.29) is 6.42 Å². The van der Waals surface area contributed by atoms with Gasteiger partial charge in [0.15, 0.2) is 0 Å². The summed E-state index contributed by atoms with van der Waals surface area (Å²) in [6.45, 7) is -0.426. The van der Waals surface area contributed by atoms with Crippen LogP contribution in [0.5, 0.6) is 0 Å². The molecule has 10 nitrogen and oxygen atoms in total. The Hall–Kier alpha value is -0.400. The fourth-order valence-electron chi connectivity index (χ4n) is 3.21. The van der Waals surface area contributed by atoms with E-state index in [1.165, 1.54) is 0 Å². The number of ether oxygens (including phenoxy) is 1. The number of hydrogen-bond donors (Lipinski definition) is 9. The topological polar surface area (TPSA) is 197 Å². The predicted molar refractivity (Wildman–Crippen MR) is 73.9 cm³/mol. The second-order valence-electron chi connectivity index (χ2n) is 6.33. The van der Waals surface area contributed by atoms with Gasteiger partial charge in [0.2, 0.25) is 0 Å². The zero-order valence-electron chi connectivity index (χ0n) is 12.3. The largest absolute Gasteiger partial charge is 0.396 e. The van der Waals surface area contributed by atoms with Crippen molar-refractivity contribution >= 4 is 0 Å². The average Bonchev–Trinajstić information content (AvgIpc) is 2.54. The van der Waals surface area contributed by atoms with Crippen molar-refractivity contribution in [1.29, 1.82) is 0 Å². The molecule has 10 heteroatoms. The molecule has 0 radical (unpaired) electrons. The summed E-state index contributed by atoms with van der Waals surface area (Å²) < 4.78 is 5.47. The zero-order chi connectivity index (χ0) is 17.5. The van der Waals surface area contributed by atoms with Crippen molar-refractivity contribution in [3.63, 3.8) is 0 Å². The molecule has 0 spiro atoms. The van der Waals surface area contributed by atoms with Crippen molar-refractivity contribution in [2.24, 2.45) is 11.7 Å². The second kappa shape index (κ2) is 7.23. The lowest BCUT2D eigenvalue weighted by Gasteiger charge is -2.46. The van der Waals surface area contributed by atoms with Crippen LogP contribution in [-0.2, 0) is 4.74 Å². The maximum absolute atomic E-state index is 9.95. The normalized spacial score (nSPS) is 54.9. The highest BCUT2D eigenvalue weighted by atomic mass is 16.5. The molecule has 9 atom stereocenters. The Morgan fingerprint density at radius 3 is 1.70 bits per heavy atom. The molecular weight excluding hydrogens is 314 g/mol. The molecule has 2 aliphatic rings. The molecular formula is C13H25NO9. The van der Waals surface area contributed by atoms with Gasteiger partial charge in [-0.05, 0) is 6.42 Å². The van der Waals surface area contributed by atoms with E-state index in [0.717, 1.165) is 0 Å². The number of aliphatic hydroxyl groups is 8. The van der Waals surface area contributed by atoms with Gasteiger partial charge in [-0.2, -0.15) is 0 Å². The minimum absolute atomic E-state index is 0.0422. The molecule has 2 saturated carbocycles. The fourth-order valence-corrected chi connectivity index (χ4v) is 3.21. The first-order valence-electron chi connectivity index (χ1n) is 7.49. The van der Waals surface area contributed by atoms with Gasteiger partial charge in [0.05, 0.1) is 24.4 Å². The summed E-state index contributed by atoms with van der Waals surface area (Å²) in [4.78, 5) is 0. The van der Waals surface area contributed by atoms with Crippen molar-refractivity contribution in [2.75, 3.05) is 6.61 Å². The van der Waals surface area contributed by atoms with Crippen molar-refractivity contribution in [2.45, 2.75) is 67.4 Å². The zero-order valence-corrected chi connectivity index (χ0v) is 12.3. The molecule has 0 amide bonds. The van der Waals surface area contributed by atoms with Crippen molar-refractivity contribution in [3.05, 3.63) is 0 Å². The van der Waals surface area contributed by atoms with Gasteiger partial charge in [-0.15, -0.1) is 0 Å². The molecule has 10 N–H and O–H groups in total. The van der Waals surface area contributed by atoms with Gasteiger partial charge >= 0.3 is 0 Å². The summed E-state index contributed by atoms with van der Waals surface area (Å²) >= 11 is 0. The maximum atomic E-state index is 9.95. The fraction of sp³-hybridized carbons (Fsp3) is 1.00. The average molecular weight is 339 g/mol. The molecule has 0 aromatic carbocycles. The minimum Gasteiger partial charge on any atom is -0.396 e. The first kappa shape index (κ1) is 18.9. The Kier molecular flexibility index (Phi) is 5.95. The molecule has 7 unspecified atom stereocenters. The van der Waals surface area contributed by atoms with Crippen LogP contribution >= 0.6 is 0 Å². The van der Waals surface area contributed by atoms with E-state index >= 15 is 0 Å². The summed E-state index contributed by atoms with van der Waals surface area (Å²) in [6.07, 6.45) is -13.6. The highest BCUT2D eigenvalue weighted by molar-refractivity contribution is 5.02. The van der Waals surface area contributed by atoms with Crippen LogP contribution in [0, 0.1) is 5.92 Å². The number of rotatable bonds is 3. The van der Waals surface area contributed by atoms with Crippen LogP contribution in [0.25, 0.3) is 0 Å². The summed E-state index contributed by atoms with van der Waals surface area (Å²) in [5.74, 6) is -0.715. The molecule has 0 aromatic rings. The Labute approximate surface area is 132 Å². The minimum atomic E-state index is -1.74. The van der Waals surface area contributed by atoms with Gasteiger partial charge in [0.25, 0.3) is 0 Å². The molecule has 136 valence electrons. The maximum Gasteiger partial charge on any atom is 0.115 e. The van der Waals surface area contributed by atoms with Crippen LogP contribution in [-0.4, -0.2) is 108 Å². The van der Waals surface area contributed by atoms with E-state index in [2.05, 4.69) is 0 Å². The van der Waals surface area contributed by atoms with E-state index in [1.54, 1.807) is 0 Å². The molecule has 0 bridgehead atoms. The van der Waals surface area contributed by atoms with E-state index in [4.69, 9.17) is 10.5 Å². The quantitative estimate of drug-likeness (QED) is 0.239. The van der Waals surface area contributed by atoms with Gasteiger partial charge in [0.1, 0.15) is 36.6 Å². The smallest absolute Gasteiger partial charge is 0.115 e. The standard InChI is InChI=1S/C13H25NO9/c14-5-4(1-3(2-15)6(16)7(5)17)23-13-11(21)9(19)8(18)10(20)12(13)22/h3-13,15-22H,1-2,14H2/t3?,4-,5?,6+,7?,8?,9?,10?,11?,12?,13?/m0/s1. The van der Waals surface area contributed by atoms with Crippen LogP contribution in [0.1, 0.15) is 6.42 Å². The first-order chi connectivity index (χ1) is 10.7. The third-order valence-corrected chi connectivity index (χ3v) is 4.83. The number of hydrogen-bond acceptors (Lipinski definition) is 10. The summed E-state index contributed by atoms with van der Waals surface area (Å²) in [7, 11) is 0. The van der Waals surface area contributed by atoms with Crippen LogP contribution in [0.2, 0.25) is 0 Å². The van der Waals surface area contributed by atoms with Crippen molar-refractivity contribution in [1.82, 2.24) is 0 Å². The Morgan fingerprint density at radius 1 is 0.739 bits per heavy atom. The first-order valence-corrected chi connectivity index (χ1v) is 7.49. The number of aliphatic hydroxyl groups excluding tert-OH is 8. The molecule has 2 rings (SSSR count). The Morgan fingerprint density at radius 2 is 1.22 bits per heavy atom. The SMILES string of the molecule is NC1C(O)[C@H](O)C(CO)C[C@@H]1OC1C(O)C(O)C(O)C(O)C1O. The van der Waals surface area contributed by atoms with Crippen LogP contribution in [0.4, 0.5) is 0 Å². The lowest BCUT2D eigenvalue weighted by atomic mass is 9.79. The molecule has 2 aliphatic carbocycles. The molecule has 0 aromatic heterocycles. The van der Waals surface area contributed by atoms with Crippen LogP contribution in [0.15, 0.2) is 0 Å². The third kappa shape index (κ3) is 3.37. The van der Waals surface area contributed by atoms with Crippen LogP contribution < -0.4 is 5.73 Å².